The Kier molecular flexibility index (Phi) is 7.31. The molecule has 2 aromatic heterocycles. The lowest BCUT2D eigenvalue weighted by molar-refractivity contribution is 0.103. The highest BCUT2D eigenvalue weighted by atomic mass is 79.9. The predicted octanol–water partition coefficient (Wildman–Crippen LogP) is 4.86. The molecule has 0 saturated carbocycles. The lowest BCUT2D eigenvalue weighted by Crippen LogP contribution is -2.17. The van der Waals surface area contributed by atoms with Gasteiger partial charge in [-0.25, -0.2) is 16.8 Å². The molecular formula is C23H26BrNO5S2. The molecule has 0 N–H and O–H groups in total. The molecule has 9 heteroatoms. The van der Waals surface area contributed by atoms with Crippen LogP contribution >= 0.6 is 15.9 Å². The maximum atomic E-state index is 13.6. The molecule has 0 bridgehead atoms. The molecule has 0 aliphatic rings. The maximum absolute atomic E-state index is 13.6. The minimum atomic E-state index is -4.05. The van der Waals surface area contributed by atoms with E-state index in [0.717, 1.165) is 10.0 Å². The molecule has 2 heterocycles. The normalized spacial score (nSPS) is 12.4. The van der Waals surface area contributed by atoms with E-state index in [2.05, 4.69) is 15.9 Å². The first-order valence-electron chi connectivity index (χ1n) is 10.5. The number of nitrogens with zero attached hydrogens (tertiary/aromatic N) is 1. The summed E-state index contributed by atoms with van der Waals surface area (Å²) in [5.74, 6) is -0.993. The maximum Gasteiger partial charge on any atom is 0.211 e. The minimum absolute atomic E-state index is 0.131. The Labute approximate surface area is 197 Å². The molecule has 0 aliphatic heterocycles. The van der Waals surface area contributed by atoms with Crippen molar-refractivity contribution in [2.75, 3.05) is 11.5 Å². The zero-order valence-corrected chi connectivity index (χ0v) is 21.5. The van der Waals surface area contributed by atoms with Gasteiger partial charge in [-0.3, -0.25) is 4.79 Å². The molecule has 1 aromatic carbocycles. The van der Waals surface area contributed by atoms with Gasteiger partial charge >= 0.3 is 0 Å². The van der Waals surface area contributed by atoms with E-state index in [1.807, 2.05) is 6.92 Å². The molecule has 0 fully saturated rings. The number of pyridine rings is 1. The molecule has 0 spiro atoms. The Bertz CT molecular complexity index is 1370. The smallest absolute Gasteiger partial charge is 0.211 e. The summed E-state index contributed by atoms with van der Waals surface area (Å²) in [6.45, 7) is 5.36. The molecule has 0 unspecified atom stereocenters. The molecule has 0 radical (unpaired) electrons. The van der Waals surface area contributed by atoms with Crippen LogP contribution in [0.25, 0.3) is 5.52 Å². The van der Waals surface area contributed by atoms with Gasteiger partial charge in [-0.2, -0.15) is 0 Å². The summed E-state index contributed by atoms with van der Waals surface area (Å²) in [4.78, 5) is 13.0. The van der Waals surface area contributed by atoms with Crippen molar-refractivity contribution in [3.8, 4) is 0 Å². The van der Waals surface area contributed by atoms with E-state index in [0.29, 0.717) is 19.3 Å². The van der Waals surface area contributed by atoms with Gasteiger partial charge in [-0.1, -0.05) is 36.7 Å². The monoisotopic (exact) mass is 539 g/mol. The van der Waals surface area contributed by atoms with Crippen molar-refractivity contribution in [3.05, 3.63) is 63.9 Å². The number of rotatable bonds is 9. The highest BCUT2D eigenvalue weighted by Gasteiger charge is 2.37. The first-order chi connectivity index (χ1) is 15.1. The zero-order chi connectivity index (χ0) is 23.7. The molecule has 32 heavy (non-hydrogen) atoms. The summed E-state index contributed by atoms with van der Waals surface area (Å²) in [7, 11) is -8.00. The second-order valence-corrected chi connectivity index (χ2v) is 12.6. The SMILES string of the molecule is CCCS(=O)(=O)c1c(S(=O)(=O)CCC)c2cc(CC)ccn2c1C(=O)c1ccc(Br)cc1. The van der Waals surface area contributed by atoms with Crippen LogP contribution in [0.2, 0.25) is 0 Å². The van der Waals surface area contributed by atoms with Gasteiger partial charge in [-0.15, -0.1) is 0 Å². The number of hydrogen-bond donors (Lipinski definition) is 0. The zero-order valence-electron chi connectivity index (χ0n) is 18.3. The van der Waals surface area contributed by atoms with Crippen molar-refractivity contribution in [2.45, 2.75) is 49.8 Å². The van der Waals surface area contributed by atoms with E-state index in [-0.39, 0.29) is 38.1 Å². The number of ketones is 1. The fourth-order valence-corrected chi connectivity index (χ4v) is 7.99. The fraction of sp³-hybridized carbons (Fsp3) is 0.348. The van der Waals surface area contributed by atoms with Crippen LogP contribution < -0.4 is 0 Å². The van der Waals surface area contributed by atoms with Gasteiger partial charge < -0.3 is 4.40 Å². The Balaban J connectivity index is 2.52. The van der Waals surface area contributed by atoms with E-state index >= 15 is 0 Å². The Morgan fingerprint density at radius 1 is 0.875 bits per heavy atom. The number of halogens is 1. The molecule has 3 aromatic rings. The summed E-state index contributed by atoms with van der Waals surface area (Å²) in [5, 5.41) is 0. The molecule has 0 atom stereocenters. The van der Waals surface area contributed by atoms with Crippen LogP contribution in [-0.2, 0) is 26.1 Å². The predicted molar refractivity (Wildman–Crippen MR) is 129 cm³/mol. The number of carbonyl (C=O) groups excluding carboxylic acids is 1. The standard InChI is InChI=1S/C23H26BrNO5S2/c1-4-13-31(27,28)22-19-15-16(6-3)11-12-25(19)20(23(22)32(29,30)14-5-2)21(26)17-7-9-18(24)10-8-17/h7-12,15H,4-6,13-14H2,1-3H3. The summed E-state index contributed by atoms with van der Waals surface area (Å²) in [5.41, 5.74) is 1.23. The van der Waals surface area contributed by atoms with Crippen molar-refractivity contribution in [1.29, 1.82) is 0 Å². The van der Waals surface area contributed by atoms with E-state index < -0.39 is 25.5 Å². The van der Waals surface area contributed by atoms with Gasteiger partial charge in [0.15, 0.2) is 19.7 Å². The Hall–Kier alpha value is -1.97. The van der Waals surface area contributed by atoms with Gasteiger partial charge in [-0.05, 0) is 61.2 Å². The third-order valence-electron chi connectivity index (χ3n) is 5.21. The quantitative estimate of drug-likeness (QED) is 0.362. The average Bonchev–Trinajstić information content (AvgIpc) is 3.10. The molecule has 0 aliphatic carbocycles. The van der Waals surface area contributed by atoms with Gasteiger partial charge in [0.25, 0.3) is 0 Å². The van der Waals surface area contributed by atoms with Crippen LogP contribution in [-0.4, -0.2) is 38.5 Å². The number of carbonyl (C=O) groups is 1. The van der Waals surface area contributed by atoms with E-state index in [1.54, 1.807) is 56.4 Å². The van der Waals surface area contributed by atoms with Crippen molar-refractivity contribution in [1.82, 2.24) is 4.40 Å². The fourth-order valence-electron chi connectivity index (χ4n) is 3.75. The molecule has 3 rings (SSSR count). The number of aromatic nitrogens is 1. The van der Waals surface area contributed by atoms with Crippen molar-refractivity contribution in [3.63, 3.8) is 0 Å². The summed E-state index contributed by atoms with van der Waals surface area (Å²) in [6, 6.07) is 10.00. The van der Waals surface area contributed by atoms with Crippen LogP contribution in [0.15, 0.2) is 56.9 Å². The van der Waals surface area contributed by atoms with Crippen LogP contribution in [0.3, 0.4) is 0 Å². The molecule has 0 saturated heterocycles. The topological polar surface area (TPSA) is 89.8 Å². The largest absolute Gasteiger partial charge is 0.311 e. The average molecular weight is 541 g/mol. The second-order valence-electron chi connectivity index (χ2n) is 7.62. The molecule has 172 valence electrons. The van der Waals surface area contributed by atoms with E-state index in [9.17, 15) is 21.6 Å². The van der Waals surface area contributed by atoms with Crippen LogP contribution in [0.4, 0.5) is 0 Å². The van der Waals surface area contributed by atoms with Crippen LogP contribution in [0, 0.1) is 0 Å². The van der Waals surface area contributed by atoms with Crippen molar-refractivity contribution >= 4 is 46.9 Å². The van der Waals surface area contributed by atoms with Gasteiger partial charge in [0.05, 0.1) is 17.0 Å². The van der Waals surface area contributed by atoms with Gasteiger partial charge in [0.2, 0.25) is 5.78 Å². The number of benzene rings is 1. The third-order valence-corrected chi connectivity index (χ3v) is 9.82. The van der Waals surface area contributed by atoms with Crippen LogP contribution in [0.5, 0.6) is 0 Å². The van der Waals surface area contributed by atoms with Gasteiger partial charge in [0, 0.05) is 16.2 Å². The van der Waals surface area contributed by atoms with Crippen LogP contribution in [0.1, 0.15) is 55.2 Å². The summed E-state index contributed by atoms with van der Waals surface area (Å²) in [6.07, 6.45) is 2.86. The molecule has 0 amide bonds. The highest BCUT2D eigenvalue weighted by Crippen LogP contribution is 2.36. The number of aryl methyl sites for hydroxylation is 1. The third kappa shape index (κ3) is 4.56. The lowest BCUT2D eigenvalue weighted by atomic mass is 10.1. The first kappa shape index (κ1) is 24.7. The first-order valence-corrected chi connectivity index (χ1v) is 14.6. The Morgan fingerprint density at radius 2 is 1.44 bits per heavy atom. The van der Waals surface area contributed by atoms with Gasteiger partial charge in [0.1, 0.15) is 15.5 Å². The number of hydrogen-bond acceptors (Lipinski definition) is 5. The lowest BCUT2D eigenvalue weighted by Gasteiger charge is -2.09. The highest BCUT2D eigenvalue weighted by molar-refractivity contribution is 9.10. The van der Waals surface area contributed by atoms with Crippen molar-refractivity contribution in [2.24, 2.45) is 0 Å². The molecular weight excluding hydrogens is 514 g/mol. The summed E-state index contributed by atoms with van der Waals surface area (Å²) >= 11 is 3.33. The van der Waals surface area contributed by atoms with Crippen molar-refractivity contribution < 1.29 is 21.6 Å². The van der Waals surface area contributed by atoms with E-state index in [4.69, 9.17) is 0 Å². The van der Waals surface area contributed by atoms with E-state index in [1.165, 1.54) is 4.40 Å². The number of fused-ring (bicyclic) bond motifs is 1. The number of sulfone groups is 2. The second kappa shape index (κ2) is 9.49. The minimum Gasteiger partial charge on any atom is -0.311 e. The summed E-state index contributed by atoms with van der Waals surface area (Å²) < 4.78 is 55.7. The molecule has 6 nitrogen and oxygen atoms in total. The Morgan fingerprint density at radius 3 is 1.97 bits per heavy atom.